The summed E-state index contributed by atoms with van der Waals surface area (Å²) in [6, 6.07) is 7.75. The van der Waals surface area contributed by atoms with Gasteiger partial charge in [0.25, 0.3) is 5.92 Å². The fraction of sp³-hybridized carbons (Fsp3) is 0.393. The first kappa shape index (κ1) is 27.8. The molecule has 8 nitrogen and oxygen atoms in total. The number of nitriles is 1. The maximum Gasteiger partial charge on any atom is 0.252 e. The Morgan fingerprint density at radius 2 is 2.02 bits per heavy atom. The van der Waals surface area contributed by atoms with Crippen LogP contribution in [0.4, 0.5) is 24.5 Å². The zero-order chi connectivity index (χ0) is 28.8. The summed E-state index contributed by atoms with van der Waals surface area (Å²) in [4.78, 5) is 8.40. The van der Waals surface area contributed by atoms with Crippen molar-refractivity contribution in [2.75, 3.05) is 17.2 Å². The van der Waals surface area contributed by atoms with Crippen molar-refractivity contribution in [2.45, 2.75) is 58.5 Å². The Morgan fingerprint density at radius 1 is 1.27 bits per heavy atom. The van der Waals surface area contributed by atoms with Crippen LogP contribution in [0.3, 0.4) is 0 Å². The van der Waals surface area contributed by atoms with Gasteiger partial charge < -0.3 is 16.1 Å². The fourth-order valence-corrected chi connectivity index (χ4v) is 5.09. The smallest absolute Gasteiger partial charge is 0.252 e. The van der Waals surface area contributed by atoms with Crippen molar-refractivity contribution in [2.24, 2.45) is 5.41 Å². The van der Waals surface area contributed by atoms with E-state index in [0.717, 1.165) is 0 Å². The van der Waals surface area contributed by atoms with Crippen LogP contribution in [-0.2, 0) is 0 Å². The minimum absolute atomic E-state index is 0.0515. The summed E-state index contributed by atoms with van der Waals surface area (Å²) < 4.78 is 40.9. The number of aryl methyl sites for hydroxylation is 1. The van der Waals surface area contributed by atoms with Crippen molar-refractivity contribution in [3.63, 3.8) is 0 Å². The zero-order valence-corrected chi connectivity index (χ0v) is 23.3. The number of aromatic nitrogens is 2. The lowest BCUT2D eigenvalue weighted by Gasteiger charge is -2.39. The van der Waals surface area contributed by atoms with Crippen LogP contribution in [0.15, 0.2) is 42.4 Å². The molecule has 3 aromatic rings. The average molecular weight is 571 g/mol. The van der Waals surface area contributed by atoms with Crippen LogP contribution in [0.2, 0.25) is 5.02 Å². The lowest BCUT2D eigenvalue weighted by atomic mass is 9.88. The largest absolute Gasteiger partial charge is 0.383 e. The highest BCUT2D eigenvalue weighted by atomic mass is 35.5. The molecule has 4 N–H and O–H groups in total. The topological polar surface area (TPSA) is 101 Å². The van der Waals surface area contributed by atoms with E-state index in [4.69, 9.17) is 11.6 Å². The molecule has 3 heterocycles. The summed E-state index contributed by atoms with van der Waals surface area (Å²) in [5.41, 5.74) is 9.89. The van der Waals surface area contributed by atoms with Crippen molar-refractivity contribution in [1.82, 2.24) is 25.9 Å². The molecule has 12 heteroatoms. The molecule has 1 aromatic carbocycles. The Labute approximate surface area is 235 Å². The molecule has 0 unspecified atom stereocenters. The summed E-state index contributed by atoms with van der Waals surface area (Å²) in [5, 5.41) is 19.3. The minimum atomic E-state index is -2.67. The van der Waals surface area contributed by atoms with Gasteiger partial charge in [-0.15, -0.1) is 5.53 Å². The summed E-state index contributed by atoms with van der Waals surface area (Å²) in [7, 11) is 0. The van der Waals surface area contributed by atoms with Gasteiger partial charge in [-0.1, -0.05) is 38.4 Å². The Kier molecular flexibility index (Phi) is 7.18. The van der Waals surface area contributed by atoms with Crippen LogP contribution < -0.4 is 21.6 Å². The molecule has 210 valence electrons. The van der Waals surface area contributed by atoms with Gasteiger partial charge in [0.1, 0.15) is 6.07 Å². The number of rotatable bonds is 7. The van der Waals surface area contributed by atoms with Crippen LogP contribution in [0.1, 0.15) is 56.5 Å². The third-order valence-corrected chi connectivity index (χ3v) is 7.22. The second-order valence-corrected chi connectivity index (χ2v) is 11.9. The van der Waals surface area contributed by atoms with E-state index in [1.54, 1.807) is 30.3 Å². The van der Waals surface area contributed by atoms with Crippen LogP contribution >= 0.6 is 11.6 Å². The third-order valence-electron chi connectivity index (χ3n) is 6.94. The molecule has 1 aliphatic carbocycles. The van der Waals surface area contributed by atoms with Gasteiger partial charge in [-0.2, -0.15) is 9.65 Å². The molecule has 1 fully saturated rings. The first-order valence-corrected chi connectivity index (χ1v) is 13.3. The molecular formula is C28H30ClF3N8. The molecule has 1 atom stereocenters. The number of hydrogen-bond acceptors (Lipinski definition) is 8. The van der Waals surface area contributed by atoms with Crippen molar-refractivity contribution in [3.8, 4) is 6.07 Å². The number of alkyl halides is 2. The number of halogens is 4. The van der Waals surface area contributed by atoms with E-state index in [2.05, 4.69) is 58.4 Å². The summed E-state index contributed by atoms with van der Waals surface area (Å²) in [6.07, 6.45) is 2.73. The van der Waals surface area contributed by atoms with Gasteiger partial charge in [0.05, 0.1) is 39.6 Å². The van der Waals surface area contributed by atoms with E-state index in [9.17, 15) is 18.4 Å². The van der Waals surface area contributed by atoms with E-state index in [-0.39, 0.29) is 24.3 Å². The molecule has 0 saturated heterocycles. The molecule has 40 heavy (non-hydrogen) atoms. The second-order valence-electron chi connectivity index (χ2n) is 11.5. The number of pyridine rings is 2. The Hall–Kier alpha value is -3.75. The number of anilines is 2. The van der Waals surface area contributed by atoms with Gasteiger partial charge in [-0.3, -0.25) is 9.99 Å². The molecule has 5 rings (SSSR count). The van der Waals surface area contributed by atoms with Crippen LogP contribution in [0.25, 0.3) is 10.9 Å². The lowest BCUT2D eigenvalue weighted by Crippen LogP contribution is -2.53. The molecular weight excluding hydrogens is 541 g/mol. The van der Waals surface area contributed by atoms with Gasteiger partial charge in [-0.25, -0.2) is 13.8 Å². The Morgan fingerprint density at radius 3 is 2.67 bits per heavy atom. The van der Waals surface area contributed by atoms with E-state index >= 15 is 0 Å². The standard InChI is InChI=1S/C28H30ClF3N8/c1-15-19(5-6-23(30)36-15)26(22-13-40(39-38-22)18-9-28(31,32)10-18)37-17-7-20-24(35-14-27(2,3)4)16(11-33)12-34-25(20)21(29)8-17/h5-8,12-13,18,26,37-39H,9-10,14H2,1-4H3,(H,34,35)/t26-/m0/s1. The minimum Gasteiger partial charge on any atom is -0.383 e. The van der Waals surface area contributed by atoms with Crippen molar-refractivity contribution in [1.29, 1.82) is 5.26 Å². The Bertz CT molecular complexity index is 1520. The van der Waals surface area contributed by atoms with Gasteiger partial charge in [0.2, 0.25) is 5.95 Å². The van der Waals surface area contributed by atoms with Gasteiger partial charge >= 0.3 is 0 Å². The van der Waals surface area contributed by atoms with E-state index < -0.39 is 17.9 Å². The number of benzene rings is 1. The fourth-order valence-electron chi connectivity index (χ4n) is 4.82. The van der Waals surface area contributed by atoms with Gasteiger partial charge in [0, 0.05) is 54.1 Å². The highest BCUT2D eigenvalue weighted by Gasteiger charge is 2.48. The lowest BCUT2D eigenvalue weighted by molar-refractivity contribution is -0.123. The number of nitrogens with zero attached hydrogens (tertiary/aromatic N) is 4. The predicted octanol–water partition coefficient (Wildman–Crippen LogP) is 6.18. The van der Waals surface area contributed by atoms with Crippen LogP contribution in [0, 0.1) is 29.6 Å². The van der Waals surface area contributed by atoms with Crippen molar-refractivity contribution in [3.05, 3.63) is 70.2 Å². The maximum absolute atomic E-state index is 13.9. The summed E-state index contributed by atoms with van der Waals surface area (Å²) in [6.45, 7) is 8.57. The molecule has 0 spiro atoms. The number of hydrazine groups is 2. The highest BCUT2D eigenvalue weighted by Crippen LogP contribution is 2.41. The van der Waals surface area contributed by atoms with Crippen molar-refractivity contribution < 1.29 is 13.2 Å². The van der Waals surface area contributed by atoms with E-state index in [0.29, 0.717) is 56.4 Å². The van der Waals surface area contributed by atoms with Crippen LogP contribution in [0.5, 0.6) is 0 Å². The first-order valence-electron chi connectivity index (χ1n) is 12.9. The number of hydrogen-bond donors (Lipinski definition) is 4. The SMILES string of the molecule is Cc1nc(F)ccc1[C@H](Nc1cc(Cl)c2ncc(C#N)c(NCC(C)(C)C)c2c1)C1=CN(C2CC(F)(F)C2)NN1. The maximum atomic E-state index is 13.9. The van der Waals surface area contributed by atoms with Crippen LogP contribution in [-0.4, -0.2) is 33.5 Å². The highest BCUT2D eigenvalue weighted by molar-refractivity contribution is 6.35. The third kappa shape index (κ3) is 5.74. The van der Waals surface area contributed by atoms with E-state index in [1.165, 1.54) is 12.3 Å². The van der Waals surface area contributed by atoms with E-state index in [1.807, 2.05) is 6.07 Å². The second kappa shape index (κ2) is 10.3. The zero-order valence-electron chi connectivity index (χ0n) is 22.5. The number of nitrogens with one attached hydrogen (secondary N) is 4. The average Bonchev–Trinajstić information content (AvgIpc) is 3.34. The van der Waals surface area contributed by atoms with Gasteiger partial charge in [-0.05, 0) is 30.5 Å². The molecule has 1 aliphatic heterocycles. The van der Waals surface area contributed by atoms with Gasteiger partial charge in [0.15, 0.2) is 0 Å². The molecule has 0 radical (unpaired) electrons. The first-order chi connectivity index (χ1) is 18.8. The summed E-state index contributed by atoms with van der Waals surface area (Å²) in [5.74, 6) is -3.28. The molecule has 1 saturated carbocycles. The van der Waals surface area contributed by atoms with Crippen molar-refractivity contribution >= 4 is 33.9 Å². The molecule has 0 bridgehead atoms. The summed E-state index contributed by atoms with van der Waals surface area (Å²) >= 11 is 6.68. The quantitative estimate of drug-likeness (QED) is 0.250. The monoisotopic (exact) mass is 570 g/mol. The molecule has 0 amide bonds. The molecule has 2 aromatic heterocycles. The predicted molar refractivity (Wildman–Crippen MR) is 149 cm³/mol. The Balaban J connectivity index is 1.55. The molecule has 2 aliphatic rings. The normalized spacial score (nSPS) is 17.6. The number of fused-ring (bicyclic) bond motifs is 1.